The van der Waals surface area contributed by atoms with E-state index in [9.17, 15) is 4.79 Å². The predicted octanol–water partition coefficient (Wildman–Crippen LogP) is 4.24. The van der Waals surface area contributed by atoms with Gasteiger partial charge in [0.2, 0.25) is 5.78 Å². The Morgan fingerprint density at radius 2 is 1.82 bits per heavy atom. The molecule has 2 aromatic carbocycles. The highest BCUT2D eigenvalue weighted by Gasteiger charge is 2.23. The van der Waals surface area contributed by atoms with E-state index in [4.69, 9.17) is 9.47 Å². The number of nitrogens with zero attached hydrogens (tertiary/aromatic N) is 4. The molecule has 0 saturated carbocycles. The molecule has 33 heavy (non-hydrogen) atoms. The van der Waals surface area contributed by atoms with Crippen molar-refractivity contribution in [3.8, 4) is 11.6 Å². The third kappa shape index (κ3) is 4.56. The van der Waals surface area contributed by atoms with Gasteiger partial charge in [-0.3, -0.25) is 4.79 Å². The highest BCUT2D eigenvalue weighted by molar-refractivity contribution is 6.08. The number of methoxy groups -OCH3 is 1. The topological polar surface area (TPSA) is 93.2 Å². The Hall–Kier alpha value is -3.78. The molecule has 1 aliphatic rings. The van der Waals surface area contributed by atoms with E-state index < -0.39 is 0 Å². The molecule has 0 bridgehead atoms. The summed E-state index contributed by atoms with van der Waals surface area (Å²) in [5.74, 6) is 2.50. The highest BCUT2D eigenvalue weighted by Crippen LogP contribution is 2.31. The lowest BCUT2D eigenvalue weighted by Gasteiger charge is -2.32. The first-order valence-electron chi connectivity index (χ1n) is 11.0. The number of carbonyl (C=O) groups excluding carboxylic acids is 1. The quantitative estimate of drug-likeness (QED) is 0.427. The lowest BCUT2D eigenvalue weighted by molar-refractivity contribution is 0.103. The van der Waals surface area contributed by atoms with E-state index in [2.05, 4.69) is 24.8 Å². The van der Waals surface area contributed by atoms with Crippen molar-refractivity contribution in [1.82, 2.24) is 19.9 Å². The maximum absolute atomic E-state index is 12.8. The first kappa shape index (κ1) is 21.1. The van der Waals surface area contributed by atoms with Crippen LogP contribution in [0.5, 0.6) is 11.6 Å². The van der Waals surface area contributed by atoms with Crippen LogP contribution in [0, 0.1) is 5.92 Å². The first-order valence-corrected chi connectivity index (χ1v) is 11.0. The van der Waals surface area contributed by atoms with Gasteiger partial charge in [0.25, 0.3) is 5.88 Å². The summed E-state index contributed by atoms with van der Waals surface area (Å²) in [5.41, 5.74) is 2.13. The number of anilines is 1. The molecule has 0 atom stereocenters. The molecule has 2 aromatic heterocycles. The van der Waals surface area contributed by atoms with Gasteiger partial charge < -0.3 is 19.4 Å². The minimum absolute atomic E-state index is 0.170. The molecular formula is C25H25N5O3. The van der Waals surface area contributed by atoms with Gasteiger partial charge >= 0.3 is 0 Å². The number of para-hydroxylation sites is 2. The Labute approximate surface area is 191 Å². The Kier molecular flexibility index (Phi) is 5.99. The Morgan fingerprint density at radius 1 is 1.06 bits per heavy atom. The van der Waals surface area contributed by atoms with Crippen LogP contribution < -0.4 is 9.64 Å². The van der Waals surface area contributed by atoms with Gasteiger partial charge in [-0.1, -0.05) is 12.1 Å². The molecule has 0 radical (unpaired) electrons. The lowest BCUT2D eigenvalue weighted by Crippen LogP contribution is -2.35. The Morgan fingerprint density at radius 3 is 2.58 bits per heavy atom. The summed E-state index contributed by atoms with van der Waals surface area (Å²) in [6, 6.07) is 14.6. The van der Waals surface area contributed by atoms with Crippen molar-refractivity contribution < 1.29 is 14.3 Å². The second-order valence-electron chi connectivity index (χ2n) is 8.13. The lowest BCUT2D eigenvalue weighted by atomic mass is 9.98. The average Bonchev–Trinajstić information content (AvgIpc) is 3.30. The van der Waals surface area contributed by atoms with Gasteiger partial charge in [0.1, 0.15) is 5.75 Å². The number of nitrogens with one attached hydrogen (secondary N) is 1. The summed E-state index contributed by atoms with van der Waals surface area (Å²) in [4.78, 5) is 31.4. The van der Waals surface area contributed by atoms with Gasteiger partial charge in [0.05, 0.1) is 11.0 Å². The number of hydrogen-bond donors (Lipinski definition) is 1. The van der Waals surface area contributed by atoms with Crippen LogP contribution in [0.15, 0.2) is 60.9 Å². The SMILES string of the molecule is COCC1CCN(c2nccnc2Oc2ccc(C(=O)c3nc4ccccc4[nH]3)cc2)CC1. The summed E-state index contributed by atoms with van der Waals surface area (Å²) >= 11 is 0. The molecule has 0 amide bonds. The summed E-state index contributed by atoms with van der Waals surface area (Å²) in [6.45, 7) is 2.55. The largest absolute Gasteiger partial charge is 0.436 e. The molecule has 4 aromatic rings. The van der Waals surface area contributed by atoms with Crippen LogP contribution >= 0.6 is 0 Å². The van der Waals surface area contributed by atoms with Crippen LogP contribution in [0.2, 0.25) is 0 Å². The molecule has 0 unspecified atom stereocenters. The average molecular weight is 444 g/mol. The Bertz CT molecular complexity index is 1210. The van der Waals surface area contributed by atoms with Gasteiger partial charge in [-0.05, 0) is 55.2 Å². The second-order valence-corrected chi connectivity index (χ2v) is 8.13. The fraction of sp³-hybridized carbons (Fsp3) is 0.280. The van der Waals surface area contributed by atoms with Crippen molar-refractivity contribution in [2.45, 2.75) is 12.8 Å². The number of imidazole rings is 1. The first-order chi connectivity index (χ1) is 16.2. The number of H-pyrrole nitrogens is 1. The van der Waals surface area contributed by atoms with Crippen LogP contribution in [0.1, 0.15) is 29.0 Å². The Balaban J connectivity index is 1.29. The number of hydrogen-bond acceptors (Lipinski definition) is 7. The van der Waals surface area contributed by atoms with Crippen LogP contribution in [0.3, 0.4) is 0 Å². The molecule has 8 heteroatoms. The number of rotatable bonds is 7. The standard InChI is InChI=1S/C25H25N5O3/c1-32-16-17-10-14-30(15-11-17)24-25(27-13-12-26-24)33-19-8-6-18(7-9-19)22(31)23-28-20-4-2-3-5-21(20)29-23/h2-9,12-13,17H,10-11,14-16H2,1H3,(H,28,29). The van der Waals surface area contributed by atoms with E-state index >= 15 is 0 Å². The summed E-state index contributed by atoms with van der Waals surface area (Å²) < 4.78 is 11.3. The minimum atomic E-state index is -0.170. The van der Waals surface area contributed by atoms with Crippen molar-refractivity contribution in [3.63, 3.8) is 0 Å². The van der Waals surface area contributed by atoms with E-state index in [-0.39, 0.29) is 5.78 Å². The van der Waals surface area contributed by atoms with Crippen molar-refractivity contribution in [3.05, 3.63) is 72.3 Å². The van der Waals surface area contributed by atoms with E-state index in [1.165, 1.54) is 0 Å². The molecule has 0 spiro atoms. The number of aromatic nitrogens is 4. The minimum Gasteiger partial charge on any atom is -0.436 e. The van der Waals surface area contributed by atoms with Crippen LogP contribution in [0.25, 0.3) is 11.0 Å². The fourth-order valence-corrected chi connectivity index (χ4v) is 4.14. The van der Waals surface area contributed by atoms with Crippen molar-refractivity contribution >= 4 is 22.6 Å². The molecule has 168 valence electrons. The molecule has 1 aliphatic heterocycles. The highest BCUT2D eigenvalue weighted by atomic mass is 16.5. The van der Waals surface area contributed by atoms with Gasteiger partial charge in [0, 0.05) is 44.8 Å². The smallest absolute Gasteiger partial charge is 0.263 e. The predicted molar refractivity (Wildman–Crippen MR) is 125 cm³/mol. The number of fused-ring (bicyclic) bond motifs is 1. The number of aromatic amines is 1. The number of ether oxygens (including phenoxy) is 2. The van der Waals surface area contributed by atoms with Gasteiger partial charge in [0.15, 0.2) is 11.6 Å². The van der Waals surface area contributed by atoms with Crippen molar-refractivity contribution in [2.24, 2.45) is 5.92 Å². The van der Waals surface area contributed by atoms with Crippen molar-refractivity contribution in [2.75, 3.05) is 31.7 Å². The number of piperidine rings is 1. The number of benzene rings is 2. The van der Waals surface area contributed by atoms with Crippen LogP contribution in [-0.4, -0.2) is 52.5 Å². The van der Waals surface area contributed by atoms with E-state index in [1.807, 2.05) is 24.3 Å². The van der Waals surface area contributed by atoms with Crippen LogP contribution in [0.4, 0.5) is 5.82 Å². The van der Waals surface area contributed by atoms with Crippen LogP contribution in [-0.2, 0) is 4.74 Å². The zero-order valence-corrected chi connectivity index (χ0v) is 18.4. The number of carbonyl (C=O) groups is 1. The van der Waals surface area contributed by atoms with Crippen molar-refractivity contribution in [1.29, 1.82) is 0 Å². The van der Waals surface area contributed by atoms with E-state index in [0.29, 0.717) is 28.9 Å². The third-order valence-electron chi connectivity index (χ3n) is 5.90. The molecular weight excluding hydrogens is 418 g/mol. The molecule has 5 rings (SSSR count). The summed E-state index contributed by atoms with van der Waals surface area (Å²) in [7, 11) is 1.75. The molecule has 1 fully saturated rings. The number of ketones is 1. The molecule has 0 aliphatic carbocycles. The van der Waals surface area contributed by atoms with Gasteiger partial charge in [-0.25, -0.2) is 15.0 Å². The van der Waals surface area contributed by atoms with Gasteiger partial charge in [-0.15, -0.1) is 0 Å². The normalized spacial score (nSPS) is 14.5. The third-order valence-corrected chi connectivity index (χ3v) is 5.90. The molecule has 1 saturated heterocycles. The zero-order chi connectivity index (χ0) is 22.6. The molecule has 1 N–H and O–H groups in total. The maximum atomic E-state index is 12.8. The maximum Gasteiger partial charge on any atom is 0.263 e. The summed E-state index contributed by atoms with van der Waals surface area (Å²) in [5, 5.41) is 0. The molecule has 8 nitrogen and oxygen atoms in total. The second kappa shape index (κ2) is 9.38. The zero-order valence-electron chi connectivity index (χ0n) is 18.4. The van der Waals surface area contributed by atoms with E-state index in [1.54, 1.807) is 43.8 Å². The molecule has 3 heterocycles. The monoisotopic (exact) mass is 443 g/mol. The van der Waals surface area contributed by atoms with Gasteiger partial charge in [-0.2, -0.15) is 0 Å². The van der Waals surface area contributed by atoms with E-state index in [0.717, 1.165) is 49.4 Å². The summed E-state index contributed by atoms with van der Waals surface area (Å²) in [6.07, 6.45) is 5.39. The fourth-order valence-electron chi connectivity index (χ4n) is 4.14.